The van der Waals surface area contributed by atoms with Crippen molar-refractivity contribution in [2.75, 3.05) is 31.5 Å². The molecular weight excluding hydrogens is 346 g/mol. The molecule has 1 aliphatic rings. The normalized spacial score (nSPS) is 16.9. The fraction of sp³-hybridized carbons (Fsp3) is 0.550. The van der Waals surface area contributed by atoms with E-state index in [0.717, 1.165) is 25.9 Å². The minimum absolute atomic E-state index is 0.0546. The van der Waals surface area contributed by atoms with Gasteiger partial charge in [-0.05, 0) is 45.4 Å². The molecule has 27 heavy (non-hydrogen) atoms. The summed E-state index contributed by atoms with van der Waals surface area (Å²) >= 11 is 0. The summed E-state index contributed by atoms with van der Waals surface area (Å²) in [5.74, 6) is -1.03. The van der Waals surface area contributed by atoms with E-state index in [9.17, 15) is 14.4 Å². The van der Waals surface area contributed by atoms with E-state index in [0.29, 0.717) is 17.8 Å². The Morgan fingerprint density at radius 2 is 1.89 bits per heavy atom. The van der Waals surface area contributed by atoms with Crippen LogP contribution in [0.1, 0.15) is 44.0 Å². The molecule has 1 saturated heterocycles. The summed E-state index contributed by atoms with van der Waals surface area (Å²) in [6, 6.07) is 6.92. The molecule has 1 aromatic carbocycles. The standard InChI is InChI=1S/C20H29N3O4/c1-4-22(13-19(25)26)16-9-11-23(12-10-16)14(2)20(27)21-18-8-6-5-7-17(18)15(3)24/h5-8,14,16H,4,9-13H2,1-3H3,(H,21,27)(H,25,26). The zero-order valence-corrected chi connectivity index (χ0v) is 16.3. The number of piperidine rings is 1. The molecule has 1 amide bonds. The van der Waals surface area contributed by atoms with Crippen molar-refractivity contribution in [2.24, 2.45) is 0 Å². The van der Waals surface area contributed by atoms with E-state index in [1.807, 2.05) is 18.7 Å². The van der Waals surface area contributed by atoms with Crippen molar-refractivity contribution in [2.45, 2.75) is 45.7 Å². The molecule has 0 saturated carbocycles. The highest BCUT2D eigenvalue weighted by atomic mass is 16.4. The number of likely N-dealkylation sites (N-methyl/N-ethyl adjacent to an activating group) is 1. The SMILES string of the molecule is CCN(CC(=O)O)C1CCN(C(C)C(=O)Nc2ccccc2C(C)=O)CC1. The summed E-state index contributed by atoms with van der Waals surface area (Å²) < 4.78 is 0. The number of aliphatic carboxylic acids is 1. The molecule has 7 nitrogen and oxygen atoms in total. The summed E-state index contributed by atoms with van der Waals surface area (Å²) in [6.07, 6.45) is 1.67. The molecular formula is C20H29N3O4. The van der Waals surface area contributed by atoms with Crippen LogP contribution in [0.25, 0.3) is 0 Å². The maximum absolute atomic E-state index is 12.7. The van der Waals surface area contributed by atoms with Crippen LogP contribution in [0.4, 0.5) is 5.69 Å². The van der Waals surface area contributed by atoms with Crippen molar-refractivity contribution >= 4 is 23.3 Å². The lowest BCUT2D eigenvalue weighted by Gasteiger charge is -2.39. The van der Waals surface area contributed by atoms with Gasteiger partial charge in [-0.2, -0.15) is 0 Å². The summed E-state index contributed by atoms with van der Waals surface area (Å²) in [4.78, 5) is 39.4. The van der Waals surface area contributed by atoms with E-state index in [2.05, 4.69) is 10.2 Å². The van der Waals surface area contributed by atoms with Gasteiger partial charge in [0.2, 0.25) is 5.91 Å². The van der Waals surface area contributed by atoms with Gasteiger partial charge in [0.05, 0.1) is 18.3 Å². The second-order valence-corrected chi connectivity index (χ2v) is 6.99. The smallest absolute Gasteiger partial charge is 0.317 e. The number of amides is 1. The molecule has 0 spiro atoms. The van der Waals surface area contributed by atoms with E-state index in [1.54, 1.807) is 24.3 Å². The molecule has 1 fully saturated rings. The average Bonchev–Trinajstić information content (AvgIpc) is 2.65. The topological polar surface area (TPSA) is 90.0 Å². The predicted molar refractivity (Wildman–Crippen MR) is 104 cm³/mol. The van der Waals surface area contributed by atoms with Crippen LogP contribution in [0.5, 0.6) is 0 Å². The second-order valence-electron chi connectivity index (χ2n) is 6.99. The highest BCUT2D eigenvalue weighted by Gasteiger charge is 2.29. The number of ketones is 1. The number of likely N-dealkylation sites (tertiary alicyclic amines) is 1. The van der Waals surface area contributed by atoms with Crippen molar-refractivity contribution in [1.29, 1.82) is 0 Å². The number of anilines is 1. The number of carboxylic acid groups (broad SMARTS) is 1. The van der Waals surface area contributed by atoms with Gasteiger partial charge in [-0.1, -0.05) is 19.1 Å². The third kappa shape index (κ3) is 5.61. The Hall–Kier alpha value is -2.25. The van der Waals surface area contributed by atoms with Gasteiger partial charge in [-0.3, -0.25) is 24.2 Å². The number of Topliss-reactive ketones (excluding diaryl/α,β-unsaturated/α-hetero) is 1. The number of nitrogens with one attached hydrogen (secondary N) is 1. The van der Waals surface area contributed by atoms with Gasteiger partial charge < -0.3 is 10.4 Å². The molecule has 0 radical (unpaired) electrons. The maximum Gasteiger partial charge on any atom is 0.317 e. The van der Waals surface area contributed by atoms with Crippen LogP contribution in [0.2, 0.25) is 0 Å². The molecule has 2 N–H and O–H groups in total. The first-order chi connectivity index (χ1) is 12.8. The molecule has 0 aliphatic carbocycles. The molecule has 1 atom stereocenters. The zero-order chi connectivity index (χ0) is 20.0. The number of hydrogen-bond acceptors (Lipinski definition) is 5. The van der Waals surface area contributed by atoms with E-state index in [-0.39, 0.29) is 30.3 Å². The summed E-state index contributed by atoms with van der Waals surface area (Å²) in [6.45, 7) is 7.55. The number of carboxylic acids is 1. The summed E-state index contributed by atoms with van der Waals surface area (Å²) in [5, 5.41) is 11.9. The minimum Gasteiger partial charge on any atom is -0.480 e. The number of carbonyl (C=O) groups is 3. The van der Waals surface area contributed by atoms with Crippen LogP contribution >= 0.6 is 0 Å². The average molecular weight is 375 g/mol. The number of para-hydroxylation sites is 1. The molecule has 1 heterocycles. The summed E-state index contributed by atoms with van der Waals surface area (Å²) in [5.41, 5.74) is 1.04. The third-order valence-corrected chi connectivity index (χ3v) is 5.25. The Morgan fingerprint density at radius 3 is 2.44 bits per heavy atom. The highest BCUT2D eigenvalue weighted by Crippen LogP contribution is 2.20. The van der Waals surface area contributed by atoms with E-state index in [4.69, 9.17) is 5.11 Å². The monoisotopic (exact) mass is 375 g/mol. The number of nitrogens with zero attached hydrogens (tertiary/aromatic N) is 2. The molecule has 148 valence electrons. The first-order valence-corrected chi connectivity index (χ1v) is 9.44. The Morgan fingerprint density at radius 1 is 1.26 bits per heavy atom. The van der Waals surface area contributed by atoms with Gasteiger partial charge in [-0.15, -0.1) is 0 Å². The van der Waals surface area contributed by atoms with E-state index >= 15 is 0 Å². The van der Waals surface area contributed by atoms with Crippen LogP contribution in [-0.2, 0) is 9.59 Å². The number of hydrogen-bond donors (Lipinski definition) is 2. The fourth-order valence-corrected chi connectivity index (χ4v) is 3.61. The van der Waals surface area contributed by atoms with E-state index in [1.165, 1.54) is 6.92 Å². The lowest BCUT2D eigenvalue weighted by atomic mass is 10.0. The maximum atomic E-state index is 12.7. The second kappa shape index (κ2) is 9.62. The van der Waals surface area contributed by atoms with Gasteiger partial charge in [0.1, 0.15) is 0 Å². The van der Waals surface area contributed by atoms with Crippen molar-refractivity contribution in [3.63, 3.8) is 0 Å². The Bertz CT molecular complexity index is 684. The van der Waals surface area contributed by atoms with Crippen LogP contribution in [-0.4, -0.2) is 70.8 Å². The molecule has 2 rings (SSSR count). The van der Waals surface area contributed by atoms with Gasteiger partial charge in [0.25, 0.3) is 0 Å². The van der Waals surface area contributed by atoms with Crippen LogP contribution in [0, 0.1) is 0 Å². The minimum atomic E-state index is -0.809. The van der Waals surface area contributed by atoms with Crippen molar-refractivity contribution < 1.29 is 19.5 Å². The highest BCUT2D eigenvalue weighted by molar-refractivity contribution is 6.04. The first kappa shape index (κ1) is 21.1. The van der Waals surface area contributed by atoms with Crippen molar-refractivity contribution in [1.82, 2.24) is 9.80 Å². The van der Waals surface area contributed by atoms with Gasteiger partial charge in [-0.25, -0.2) is 0 Å². The third-order valence-electron chi connectivity index (χ3n) is 5.25. The van der Waals surface area contributed by atoms with Crippen molar-refractivity contribution in [3.8, 4) is 0 Å². The first-order valence-electron chi connectivity index (χ1n) is 9.44. The number of carbonyl (C=O) groups excluding carboxylic acids is 2. The molecule has 0 bridgehead atoms. The lowest BCUT2D eigenvalue weighted by Crippen LogP contribution is -2.51. The largest absolute Gasteiger partial charge is 0.480 e. The van der Waals surface area contributed by atoms with Crippen molar-refractivity contribution in [3.05, 3.63) is 29.8 Å². The number of benzene rings is 1. The van der Waals surface area contributed by atoms with Crippen LogP contribution < -0.4 is 5.32 Å². The Labute approximate surface area is 160 Å². The quantitative estimate of drug-likeness (QED) is 0.676. The van der Waals surface area contributed by atoms with Gasteiger partial charge in [0.15, 0.2) is 5.78 Å². The predicted octanol–water partition coefficient (Wildman–Crippen LogP) is 2.09. The molecule has 1 aromatic rings. The summed E-state index contributed by atoms with van der Waals surface area (Å²) in [7, 11) is 0. The van der Waals surface area contributed by atoms with Gasteiger partial charge in [0, 0.05) is 24.7 Å². The van der Waals surface area contributed by atoms with E-state index < -0.39 is 5.97 Å². The zero-order valence-electron chi connectivity index (χ0n) is 16.3. The van der Waals surface area contributed by atoms with Crippen LogP contribution in [0.15, 0.2) is 24.3 Å². The molecule has 1 aliphatic heterocycles. The molecule has 7 heteroatoms. The number of rotatable bonds is 8. The lowest BCUT2D eigenvalue weighted by molar-refractivity contribution is -0.139. The van der Waals surface area contributed by atoms with Crippen LogP contribution in [0.3, 0.4) is 0 Å². The fourth-order valence-electron chi connectivity index (χ4n) is 3.61. The molecule has 1 unspecified atom stereocenters. The Kier molecular flexibility index (Phi) is 7.50. The molecule has 0 aromatic heterocycles. The van der Waals surface area contributed by atoms with Gasteiger partial charge >= 0.3 is 5.97 Å². The Balaban J connectivity index is 1.93.